The summed E-state index contributed by atoms with van der Waals surface area (Å²) in [7, 11) is 0. The van der Waals surface area contributed by atoms with Crippen LogP contribution in [-0.4, -0.2) is 50.1 Å². The van der Waals surface area contributed by atoms with Crippen LogP contribution in [0, 0.1) is 0 Å². The Morgan fingerprint density at radius 1 is 0.655 bits per heavy atom. The van der Waals surface area contributed by atoms with Crippen molar-refractivity contribution in [2.45, 2.75) is 24.9 Å². The second-order valence-corrected chi connectivity index (χ2v) is 6.92. The average Bonchev–Trinajstić information content (AvgIpc) is 2.74. The van der Waals surface area contributed by atoms with E-state index in [0.29, 0.717) is 39.0 Å². The highest BCUT2D eigenvalue weighted by molar-refractivity contribution is 5.82. The minimum Gasteiger partial charge on any atom is -0.353 e. The van der Waals surface area contributed by atoms with Crippen LogP contribution in [0.3, 0.4) is 0 Å². The molecule has 0 fully saturated rings. The summed E-state index contributed by atoms with van der Waals surface area (Å²) in [6.07, 6.45) is 1.02. The maximum atomic E-state index is 12.0. The second-order valence-electron chi connectivity index (χ2n) is 6.92. The van der Waals surface area contributed by atoms with Crippen LogP contribution < -0.4 is 27.4 Å². The predicted molar refractivity (Wildman–Crippen MR) is 115 cm³/mol. The van der Waals surface area contributed by atoms with E-state index >= 15 is 0 Å². The van der Waals surface area contributed by atoms with Gasteiger partial charge in [0, 0.05) is 26.2 Å². The number of amides is 2. The molecule has 2 aromatic rings. The number of nitrogens with one attached hydrogen (secondary N) is 3. The molecule has 29 heavy (non-hydrogen) atoms. The number of hydrogen-bond acceptors (Lipinski definition) is 5. The van der Waals surface area contributed by atoms with E-state index in [9.17, 15) is 9.59 Å². The van der Waals surface area contributed by atoms with Gasteiger partial charge in [0.1, 0.15) is 0 Å². The van der Waals surface area contributed by atoms with Crippen LogP contribution in [0.4, 0.5) is 0 Å². The number of carbonyl (C=O) groups is 2. The Hall–Kier alpha value is -2.74. The van der Waals surface area contributed by atoms with Crippen molar-refractivity contribution in [3.05, 3.63) is 71.8 Å². The van der Waals surface area contributed by atoms with Crippen molar-refractivity contribution >= 4 is 11.8 Å². The number of nitrogens with two attached hydrogens (primary N) is 2. The molecule has 0 aliphatic carbocycles. The Bertz CT molecular complexity index is 676. The van der Waals surface area contributed by atoms with Crippen molar-refractivity contribution in [2.75, 3.05) is 26.2 Å². The minimum atomic E-state index is -0.567. The van der Waals surface area contributed by atoms with Gasteiger partial charge in [-0.1, -0.05) is 60.7 Å². The van der Waals surface area contributed by atoms with E-state index in [1.54, 1.807) is 0 Å². The summed E-state index contributed by atoms with van der Waals surface area (Å²) in [5.74, 6) is -0.341. The van der Waals surface area contributed by atoms with Crippen LogP contribution in [0.15, 0.2) is 60.7 Å². The van der Waals surface area contributed by atoms with E-state index in [1.807, 2.05) is 60.7 Å². The molecular weight excluding hydrogens is 366 g/mol. The molecule has 0 aliphatic heterocycles. The van der Waals surface area contributed by atoms with Crippen molar-refractivity contribution in [3.63, 3.8) is 0 Å². The molecule has 0 saturated heterocycles. The van der Waals surface area contributed by atoms with Gasteiger partial charge in [0.2, 0.25) is 11.8 Å². The lowest BCUT2D eigenvalue weighted by Crippen LogP contribution is -2.46. The van der Waals surface area contributed by atoms with Crippen LogP contribution in [0.1, 0.15) is 11.1 Å². The van der Waals surface area contributed by atoms with Crippen LogP contribution in [0.2, 0.25) is 0 Å². The predicted octanol–water partition coefficient (Wildman–Crippen LogP) is -0.0516. The van der Waals surface area contributed by atoms with Gasteiger partial charge in [-0.25, -0.2) is 0 Å². The maximum Gasteiger partial charge on any atom is 0.237 e. The first-order valence-corrected chi connectivity index (χ1v) is 9.91. The molecule has 0 aromatic heterocycles. The standard InChI is InChI=1S/C22H31N5O2/c23-19(15-17-7-3-1-4-8-17)21(28)26-13-11-25-12-14-27-22(29)20(24)16-18-9-5-2-6-10-18/h1-10,19-20,25H,11-16,23-24H2,(H,26,28)(H,27,29)/t19-,20-/m0/s1. The van der Waals surface area contributed by atoms with Gasteiger partial charge in [-0.05, 0) is 24.0 Å². The molecular formula is C22H31N5O2. The van der Waals surface area contributed by atoms with Gasteiger partial charge in [0.15, 0.2) is 0 Å². The molecule has 2 aromatic carbocycles. The highest BCUT2D eigenvalue weighted by atomic mass is 16.2. The minimum absolute atomic E-state index is 0.171. The summed E-state index contributed by atoms with van der Waals surface area (Å²) >= 11 is 0. The Morgan fingerprint density at radius 2 is 1.03 bits per heavy atom. The van der Waals surface area contributed by atoms with E-state index in [-0.39, 0.29) is 11.8 Å². The van der Waals surface area contributed by atoms with Gasteiger partial charge in [-0.15, -0.1) is 0 Å². The molecule has 2 atom stereocenters. The number of benzene rings is 2. The van der Waals surface area contributed by atoms with Crippen LogP contribution >= 0.6 is 0 Å². The molecule has 0 radical (unpaired) electrons. The molecule has 7 heteroatoms. The molecule has 0 spiro atoms. The maximum absolute atomic E-state index is 12.0. The molecule has 156 valence electrons. The van der Waals surface area contributed by atoms with Crippen LogP contribution in [-0.2, 0) is 22.4 Å². The van der Waals surface area contributed by atoms with Crippen LogP contribution in [0.25, 0.3) is 0 Å². The molecule has 2 amide bonds. The van der Waals surface area contributed by atoms with Crippen molar-refractivity contribution in [1.29, 1.82) is 0 Å². The van der Waals surface area contributed by atoms with Crippen molar-refractivity contribution in [2.24, 2.45) is 11.5 Å². The Balaban J connectivity index is 1.51. The average molecular weight is 398 g/mol. The van der Waals surface area contributed by atoms with Crippen molar-refractivity contribution < 1.29 is 9.59 Å². The largest absolute Gasteiger partial charge is 0.353 e. The van der Waals surface area contributed by atoms with Gasteiger partial charge >= 0.3 is 0 Å². The van der Waals surface area contributed by atoms with Crippen LogP contribution in [0.5, 0.6) is 0 Å². The second kappa shape index (κ2) is 12.7. The smallest absolute Gasteiger partial charge is 0.237 e. The topological polar surface area (TPSA) is 122 Å². The molecule has 7 N–H and O–H groups in total. The van der Waals surface area contributed by atoms with E-state index < -0.39 is 12.1 Å². The first-order chi connectivity index (χ1) is 14.1. The van der Waals surface area contributed by atoms with Gasteiger partial charge in [-0.2, -0.15) is 0 Å². The SMILES string of the molecule is N[C@@H](Cc1ccccc1)C(=O)NCCNCCNC(=O)[C@@H](N)Cc1ccccc1. The third-order valence-electron chi connectivity index (χ3n) is 4.47. The third-order valence-corrected chi connectivity index (χ3v) is 4.47. The van der Waals surface area contributed by atoms with E-state index in [4.69, 9.17) is 11.5 Å². The summed E-state index contributed by atoms with van der Waals surface area (Å²) < 4.78 is 0. The quantitative estimate of drug-likeness (QED) is 0.321. The summed E-state index contributed by atoms with van der Waals surface area (Å²) in [5.41, 5.74) is 13.9. The molecule has 0 unspecified atom stereocenters. The normalized spacial score (nSPS) is 12.8. The lowest BCUT2D eigenvalue weighted by molar-refractivity contribution is -0.122. The highest BCUT2D eigenvalue weighted by Crippen LogP contribution is 2.02. The fourth-order valence-corrected chi connectivity index (χ4v) is 2.86. The lowest BCUT2D eigenvalue weighted by Gasteiger charge is -2.14. The van der Waals surface area contributed by atoms with Gasteiger partial charge < -0.3 is 27.4 Å². The first kappa shape index (κ1) is 22.5. The highest BCUT2D eigenvalue weighted by Gasteiger charge is 2.14. The Labute approximate surface area is 172 Å². The molecule has 7 nitrogen and oxygen atoms in total. The van der Waals surface area contributed by atoms with Gasteiger partial charge in [0.25, 0.3) is 0 Å². The van der Waals surface area contributed by atoms with Crippen molar-refractivity contribution in [1.82, 2.24) is 16.0 Å². The monoisotopic (exact) mass is 397 g/mol. The molecule has 0 heterocycles. The number of hydrogen-bond donors (Lipinski definition) is 5. The van der Waals surface area contributed by atoms with Gasteiger partial charge in [-0.3, -0.25) is 9.59 Å². The molecule has 0 saturated carbocycles. The number of rotatable bonds is 12. The van der Waals surface area contributed by atoms with E-state index in [0.717, 1.165) is 11.1 Å². The number of carbonyl (C=O) groups excluding carboxylic acids is 2. The van der Waals surface area contributed by atoms with E-state index in [1.165, 1.54) is 0 Å². The van der Waals surface area contributed by atoms with Crippen molar-refractivity contribution in [3.8, 4) is 0 Å². The van der Waals surface area contributed by atoms with E-state index in [2.05, 4.69) is 16.0 Å². The Morgan fingerprint density at radius 3 is 1.41 bits per heavy atom. The zero-order chi connectivity index (χ0) is 20.9. The van der Waals surface area contributed by atoms with Gasteiger partial charge in [0.05, 0.1) is 12.1 Å². The summed E-state index contributed by atoms with van der Waals surface area (Å²) in [6.45, 7) is 2.14. The summed E-state index contributed by atoms with van der Waals surface area (Å²) in [4.78, 5) is 24.0. The summed E-state index contributed by atoms with van der Waals surface area (Å²) in [5, 5.41) is 8.79. The molecule has 0 bridgehead atoms. The third kappa shape index (κ3) is 8.87. The zero-order valence-corrected chi connectivity index (χ0v) is 16.6. The molecule has 0 aliphatic rings. The zero-order valence-electron chi connectivity index (χ0n) is 16.6. The lowest BCUT2D eigenvalue weighted by atomic mass is 10.1. The fraction of sp³-hybridized carbons (Fsp3) is 0.364. The first-order valence-electron chi connectivity index (χ1n) is 9.91. The fourth-order valence-electron chi connectivity index (χ4n) is 2.86. The Kier molecular flexibility index (Phi) is 9.85. The summed E-state index contributed by atoms with van der Waals surface area (Å²) in [6, 6.07) is 18.3. The molecule has 2 rings (SSSR count).